The Balaban J connectivity index is 1.28. The minimum Gasteiger partial charge on any atom is -0.464 e. The highest BCUT2D eigenvalue weighted by atomic mass is 35.5. The smallest absolute Gasteiger partial charge is 0.290 e. The number of ether oxygens (including phenoxy) is 2. The van der Waals surface area contributed by atoms with E-state index in [4.69, 9.17) is 25.5 Å². The number of para-hydroxylation sites is 1. The first-order valence-electron chi connectivity index (χ1n) is 14.5. The highest BCUT2D eigenvalue weighted by Gasteiger charge is 2.40. The lowest BCUT2D eigenvalue weighted by atomic mass is 9.80. The molecule has 0 saturated heterocycles. The number of nitrogens with zero attached hydrogens (tertiary/aromatic N) is 1. The van der Waals surface area contributed by atoms with E-state index in [1.807, 2.05) is 31.2 Å². The molecule has 6 rings (SSSR count). The molecule has 10 heteroatoms. The van der Waals surface area contributed by atoms with Gasteiger partial charge in [-0.05, 0) is 80.8 Å². The Bertz CT molecular complexity index is 1800. The zero-order chi connectivity index (χ0) is 31.0. The lowest BCUT2D eigenvalue weighted by Crippen LogP contribution is -2.37. The summed E-state index contributed by atoms with van der Waals surface area (Å²) in [7, 11) is 0. The predicted molar refractivity (Wildman–Crippen MR) is 166 cm³/mol. The van der Waals surface area contributed by atoms with Gasteiger partial charge in [-0.3, -0.25) is 14.4 Å². The number of halogens is 1. The average Bonchev–Trinajstić information content (AvgIpc) is 3.55. The molecule has 2 N–H and O–H groups in total. The van der Waals surface area contributed by atoms with Crippen molar-refractivity contribution in [2.24, 2.45) is 5.92 Å². The zero-order valence-corrected chi connectivity index (χ0v) is 25.0. The van der Waals surface area contributed by atoms with Crippen molar-refractivity contribution in [3.05, 3.63) is 106 Å². The molecule has 1 aromatic heterocycles. The number of hydrogen-bond donors (Lipinski definition) is 2. The number of nitrogens with one attached hydrogen (secondary N) is 1. The summed E-state index contributed by atoms with van der Waals surface area (Å²) < 4.78 is 17.9. The summed E-state index contributed by atoms with van der Waals surface area (Å²) in [6, 6.07) is 17.3. The highest BCUT2D eigenvalue weighted by molar-refractivity contribution is 6.37. The van der Waals surface area contributed by atoms with E-state index in [-0.39, 0.29) is 29.8 Å². The quantitative estimate of drug-likeness (QED) is 0.204. The van der Waals surface area contributed by atoms with E-state index in [2.05, 4.69) is 5.32 Å². The topological polar surface area (TPSA) is 118 Å². The Labute approximate surface area is 259 Å². The van der Waals surface area contributed by atoms with Crippen LogP contribution >= 0.6 is 11.6 Å². The van der Waals surface area contributed by atoms with Crippen LogP contribution in [0.2, 0.25) is 5.02 Å². The normalized spacial score (nSPS) is 19.6. The fraction of sp³-hybridized carbons (Fsp3) is 0.265. The van der Waals surface area contributed by atoms with Crippen molar-refractivity contribution in [3.63, 3.8) is 0 Å². The summed E-state index contributed by atoms with van der Waals surface area (Å²) in [5.41, 5.74) is 3.67. The third-order valence-electron chi connectivity index (χ3n) is 8.05. The predicted octanol–water partition coefficient (Wildman–Crippen LogP) is 6.58. The first-order chi connectivity index (χ1) is 21.3. The second-order valence-corrected chi connectivity index (χ2v) is 11.2. The van der Waals surface area contributed by atoms with Crippen LogP contribution in [-0.2, 0) is 14.3 Å². The van der Waals surface area contributed by atoms with Crippen molar-refractivity contribution in [2.45, 2.75) is 38.9 Å². The standard InChI is InChI=1S/C34H31ClN2O7/c1-3-42-34-24(8-6-14-38)25(27-18-43-29-9-5-4-7-22(27)29)17-30(44-34)31(39)36-21-11-13-28(19(2)15-21)37-32(40)23-12-10-20(35)16-26(23)33(37)41/h4-5,7,9-13,15-18,24-25,34,38H,3,6,8,14H2,1-2H3,(H,36,39)/t24?,25-,34+/m0/s1. The molecule has 0 spiro atoms. The van der Waals surface area contributed by atoms with Gasteiger partial charge in [0.05, 0.1) is 23.1 Å². The van der Waals surface area contributed by atoms with Crippen LogP contribution in [0.1, 0.15) is 57.5 Å². The molecule has 3 atom stereocenters. The molecular formula is C34H31ClN2O7. The third-order valence-corrected chi connectivity index (χ3v) is 8.28. The van der Waals surface area contributed by atoms with Crippen molar-refractivity contribution in [1.82, 2.24) is 0 Å². The number of furan rings is 1. The minimum absolute atomic E-state index is 0.0229. The van der Waals surface area contributed by atoms with Gasteiger partial charge >= 0.3 is 0 Å². The maximum absolute atomic E-state index is 13.6. The molecule has 2 aliphatic heterocycles. The van der Waals surface area contributed by atoms with Crippen LogP contribution < -0.4 is 10.2 Å². The first kappa shape index (κ1) is 29.6. The second-order valence-electron chi connectivity index (χ2n) is 10.8. The molecule has 0 fully saturated rings. The van der Waals surface area contributed by atoms with Gasteiger partial charge in [0, 0.05) is 46.7 Å². The molecule has 0 radical (unpaired) electrons. The Morgan fingerprint density at radius 3 is 2.64 bits per heavy atom. The fourth-order valence-electron chi connectivity index (χ4n) is 5.99. The number of amides is 3. The molecule has 2 aliphatic rings. The van der Waals surface area contributed by atoms with Gasteiger partial charge in [-0.25, -0.2) is 4.90 Å². The summed E-state index contributed by atoms with van der Waals surface area (Å²) in [6.07, 6.45) is 3.93. The molecule has 226 valence electrons. The van der Waals surface area contributed by atoms with Gasteiger partial charge in [-0.2, -0.15) is 0 Å². The summed E-state index contributed by atoms with van der Waals surface area (Å²) in [4.78, 5) is 40.9. The maximum Gasteiger partial charge on any atom is 0.290 e. The molecule has 3 aromatic carbocycles. The number of aryl methyl sites for hydroxylation is 1. The molecule has 3 heterocycles. The molecule has 9 nitrogen and oxygen atoms in total. The van der Waals surface area contributed by atoms with Gasteiger partial charge in [0.15, 0.2) is 5.76 Å². The number of anilines is 2. The monoisotopic (exact) mass is 614 g/mol. The largest absolute Gasteiger partial charge is 0.464 e. The van der Waals surface area contributed by atoms with Crippen molar-refractivity contribution in [2.75, 3.05) is 23.4 Å². The summed E-state index contributed by atoms with van der Waals surface area (Å²) in [5, 5.41) is 13.8. The number of carbonyl (C=O) groups is 3. The minimum atomic E-state index is -0.720. The van der Waals surface area contributed by atoms with E-state index in [9.17, 15) is 19.5 Å². The van der Waals surface area contributed by atoms with Gasteiger partial charge < -0.3 is 24.3 Å². The van der Waals surface area contributed by atoms with Gasteiger partial charge in [-0.15, -0.1) is 0 Å². The molecule has 0 bridgehead atoms. The zero-order valence-electron chi connectivity index (χ0n) is 24.2. The Morgan fingerprint density at radius 1 is 1.07 bits per heavy atom. The van der Waals surface area contributed by atoms with Crippen LogP contribution in [0.15, 0.2) is 83.2 Å². The van der Waals surface area contributed by atoms with Crippen molar-refractivity contribution in [1.29, 1.82) is 0 Å². The Morgan fingerprint density at radius 2 is 1.86 bits per heavy atom. The van der Waals surface area contributed by atoms with Crippen LogP contribution in [0.25, 0.3) is 11.0 Å². The molecule has 0 aliphatic carbocycles. The maximum atomic E-state index is 13.6. The number of imide groups is 1. The molecule has 1 unspecified atom stereocenters. The van der Waals surface area contributed by atoms with Gasteiger partial charge in [0.1, 0.15) is 5.58 Å². The third kappa shape index (κ3) is 5.38. The van der Waals surface area contributed by atoms with E-state index in [0.29, 0.717) is 47.0 Å². The van der Waals surface area contributed by atoms with E-state index >= 15 is 0 Å². The number of fused-ring (bicyclic) bond motifs is 2. The number of rotatable bonds is 9. The van der Waals surface area contributed by atoms with E-state index < -0.39 is 24.0 Å². The summed E-state index contributed by atoms with van der Waals surface area (Å²) >= 11 is 6.06. The SMILES string of the molecule is CCO[C@@H]1OC(C(=O)Nc2ccc(N3C(=O)c4ccc(Cl)cc4C3=O)c(C)c2)=C[C@H](c2coc3ccccc23)C1CCCO. The number of aliphatic hydroxyl groups excluding tert-OH is 1. The number of carbonyl (C=O) groups excluding carboxylic acids is 3. The van der Waals surface area contributed by atoms with Crippen molar-refractivity contribution in [3.8, 4) is 0 Å². The van der Waals surface area contributed by atoms with Crippen molar-refractivity contribution < 1.29 is 33.4 Å². The molecular weight excluding hydrogens is 584 g/mol. The lowest BCUT2D eigenvalue weighted by molar-refractivity contribution is -0.164. The van der Waals surface area contributed by atoms with E-state index in [1.165, 1.54) is 6.07 Å². The van der Waals surface area contributed by atoms with Gasteiger partial charge in [0.25, 0.3) is 17.7 Å². The van der Waals surface area contributed by atoms with Crippen molar-refractivity contribution >= 4 is 51.7 Å². The fourth-order valence-corrected chi connectivity index (χ4v) is 6.16. The molecule has 0 saturated carbocycles. The Hall–Kier alpha value is -4.44. The van der Waals surface area contributed by atoms with Crippen LogP contribution in [0.4, 0.5) is 11.4 Å². The molecule has 4 aromatic rings. The van der Waals surface area contributed by atoms with E-state index in [0.717, 1.165) is 21.4 Å². The van der Waals surface area contributed by atoms with Gasteiger partial charge in [0.2, 0.25) is 6.29 Å². The number of benzene rings is 3. The number of aliphatic hydroxyl groups is 1. The van der Waals surface area contributed by atoms with Crippen LogP contribution in [0.5, 0.6) is 0 Å². The average molecular weight is 615 g/mol. The summed E-state index contributed by atoms with van der Waals surface area (Å²) in [6.45, 7) is 4.02. The lowest BCUT2D eigenvalue weighted by Gasteiger charge is -2.36. The molecule has 44 heavy (non-hydrogen) atoms. The van der Waals surface area contributed by atoms with Gasteiger partial charge in [-0.1, -0.05) is 29.8 Å². The Kier molecular flexibility index (Phi) is 8.27. The van der Waals surface area contributed by atoms with Crippen LogP contribution in [0, 0.1) is 12.8 Å². The second kappa shape index (κ2) is 12.3. The number of allylic oxidation sites excluding steroid dienone is 1. The van der Waals surface area contributed by atoms with E-state index in [1.54, 1.807) is 49.6 Å². The molecule has 3 amide bonds. The van der Waals surface area contributed by atoms with Crippen LogP contribution in [0.3, 0.4) is 0 Å². The number of hydrogen-bond acceptors (Lipinski definition) is 7. The van der Waals surface area contributed by atoms with Crippen LogP contribution in [-0.4, -0.2) is 42.3 Å². The highest BCUT2D eigenvalue weighted by Crippen LogP contribution is 2.42. The first-order valence-corrected chi connectivity index (χ1v) is 14.9. The summed E-state index contributed by atoms with van der Waals surface area (Å²) in [5.74, 6) is -1.71.